The largest absolute Gasteiger partial charge is 0.316 e. The number of hydrogen-bond acceptors (Lipinski definition) is 2. The van der Waals surface area contributed by atoms with Crippen LogP contribution in [-0.4, -0.2) is 38.1 Å². The summed E-state index contributed by atoms with van der Waals surface area (Å²) in [7, 11) is 2.28. The molecule has 2 unspecified atom stereocenters. The summed E-state index contributed by atoms with van der Waals surface area (Å²) < 4.78 is 0. The molecule has 1 N–H and O–H groups in total. The molecule has 0 heterocycles. The number of nitrogens with zero attached hydrogens (tertiary/aromatic N) is 1. The maximum absolute atomic E-state index is 3.66. The molecule has 19 heavy (non-hydrogen) atoms. The van der Waals surface area contributed by atoms with Gasteiger partial charge in [0.15, 0.2) is 0 Å². The third-order valence-corrected chi connectivity index (χ3v) is 3.93. The molecular weight excluding hydrogens is 232 g/mol. The van der Waals surface area contributed by atoms with E-state index in [4.69, 9.17) is 0 Å². The Morgan fingerprint density at radius 1 is 1.16 bits per heavy atom. The topological polar surface area (TPSA) is 15.3 Å². The monoisotopic (exact) mass is 270 g/mol. The van der Waals surface area contributed by atoms with E-state index >= 15 is 0 Å². The zero-order valence-electron chi connectivity index (χ0n) is 14.6. The van der Waals surface area contributed by atoms with E-state index in [2.05, 4.69) is 58.8 Å². The van der Waals surface area contributed by atoms with Gasteiger partial charge in [-0.2, -0.15) is 0 Å². The molecule has 2 atom stereocenters. The molecule has 0 aliphatic heterocycles. The summed E-state index contributed by atoms with van der Waals surface area (Å²) in [6.45, 7) is 18.6. The molecule has 0 aromatic rings. The van der Waals surface area contributed by atoms with Gasteiger partial charge in [-0.3, -0.25) is 0 Å². The van der Waals surface area contributed by atoms with Gasteiger partial charge in [-0.1, -0.05) is 54.4 Å². The van der Waals surface area contributed by atoms with Crippen molar-refractivity contribution in [3.8, 4) is 0 Å². The van der Waals surface area contributed by atoms with Gasteiger partial charge in [0.25, 0.3) is 0 Å². The minimum atomic E-state index is 0.409. The van der Waals surface area contributed by atoms with Crippen LogP contribution in [0.5, 0.6) is 0 Å². The molecule has 2 heteroatoms. The second-order valence-electron chi connectivity index (χ2n) is 7.30. The molecule has 0 fully saturated rings. The normalized spacial score (nSPS) is 16.9. The lowest BCUT2D eigenvalue weighted by molar-refractivity contribution is 0.157. The summed E-state index contributed by atoms with van der Waals surface area (Å²) in [5.41, 5.74) is 0.409. The fourth-order valence-corrected chi connectivity index (χ4v) is 2.87. The smallest absolute Gasteiger partial charge is 0.00445 e. The molecule has 0 aliphatic carbocycles. The average molecular weight is 271 g/mol. The van der Waals surface area contributed by atoms with Gasteiger partial charge in [-0.25, -0.2) is 0 Å². The highest BCUT2D eigenvalue weighted by Gasteiger charge is 2.25. The van der Waals surface area contributed by atoms with E-state index in [0.29, 0.717) is 5.41 Å². The zero-order valence-corrected chi connectivity index (χ0v) is 14.6. The molecule has 0 bridgehead atoms. The van der Waals surface area contributed by atoms with Gasteiger partial charge in [0.05, 0.1) is 0 Å². The van der Waals surface area contributed by atoms with E-state index in [0.717, 1.165) is 24.9 Å². The first-order valence-corrected chi connectivity index (χ1v) is 8.22. The van der Waals surface area contributed by atoms with Crippen molar-refractivity contribution in [3.05, 3.63) is 0 Å². The summed E-state index contributed by atoms with van der Waals surface area (Å²) >= 11 is 0. The van der Waals surface area contributed by atoms with Crippen LogP contribution in [0.15, 0.2) is 0 Å². The molecule has 0 rings (SSSR count). The number of nitrogens with one attached hydrogen (secondary N) is 1. The van der Waals surface area contributed by atoms with Crippen molar-refractivity contribution in [1.29, 1.82) is 0 Å². The molecule has 0 amide bonds. The van der Waals surface area contributed by atoms with Crippen molar-refractivity contribution in [2.75, 3.05) is 33.2 Å². The van der Waals surface area contributed by atoms with E-state index in [1.807, 2.05) is 0 Å². The molecule has 0 aromatic heterocycles. The fourth-order valence-electron chi connectivity index (χ4n) is 2.87. The Bertz CT molecular complexity index is 215. The van der Waals surface area contributed by atoms with Crippen LogP contribution in [-0.2, 0) is 0 Å². The van der Waals surface area contributed by atoms with E-state index in [-0.39, 0.29) is 0 Å². The van der Waals surface area contributed by atoms with Crippen LogP contribution in [0.3, 0.4) is 0 Å². The average Bonchev–Trinajstić information content (AvgIpc) is 2.27. The van der Waals surface area contributed by atoms with E-state index in [1.165, 1.54) is 32.4 Å². The summed E-state index contributed by atoms with van der Waals surface area (Å²) in [6, 6.07) is 0. The first-order chi connectivity index (χ1) is 8.83. The molecule has 0 aromatic carbocycles. The maximum Gasteiger partial charge on any atom is 0.00445 e. The van der Waals surface area contributed by atoms with Crippen molar-refractivity contribution in [1.82, 2.24) is 10.2 Å². The second kappa shape index (κ2) is 9.77. The number of rotatable bonds is 11. The molecule has 0 spiro atoms. The van der Waals surface area contributed by atoms with Crippen LogP contribution in [0.4, 0.5) is 0 Å². The van der Waals surface area contributed by atoms with Crippen molar-refractivity contribution >= 4 is 0 Å². The highest BCUT2D eigenvalue weighted by Crippen LogP contribution is 2.24. The first kappa shape index (κ1) is 18.9. The Balaban J connectivity index is 4.26. The van der Waals surface area contributed by atoms with E-state index < -0.39 is 0 Å². The van der Waals surface area contributed by atoms with Gasteiger partial charge in [-0.15, -0.1) is 0 Å². The highest BCUT2D eigenvalue weighted by molar-refractivity contribution is 4.80. The van der Waals surface area contributed by atoms with E-state index in [1.54, 1.807) is 0 Å². The van der Waals surface area contributed by atoms with Crippen molar-refractivity contribution in [3.63, 3.8) is 0 Å². The predicted molar refractivity (Wildman–Crippen MR) is 87.7 cm³/mol. The Morgan fingerprint density at radius 3 is 2.26 bits per heavy atom. The molecule has 116 valence electrons. The minimum absolute atomic E-state index is 0.409. The van der Waals surface area contributed by atoms with Gasteiger partial charge in [0, 0.05) is 19.6 Å². The third kappa shape index (κ3) is 9.45. The van der Waals surface area contributed by atoms with Gasteiger partial charge in [0.2, 0.25) is 0 Å². The maximum atomic E-state index is 3.66. The van der Waals surface area contributed by atoms with Crippen LogP contribution in [0.2, 0.25) is 0 Å². The second-order valence-corrected chi connectivity index (χ2v) is 7.30. The molecule has 0 saturated carbocycles. The molecular formula is C17H38N2. The van der Waals surface area contributed by atoms with Crippen molar-refractivity contribution < 1.29 is 0 Å². The molecule has 2 nitrogen and oxygen atoms in total. The van der Waals surface area contributed by atoms with Gasteiger partial charge < -0.3 is 10.2 Å². The third-order valence-electron chi connectivity index (χ3n) is 3.93. The molecule has 0 aliphatic rings. The van der Waals surface area contributed by atoms with Crippen LogP contribution in [0.1, 0.15) is 60.8 Å². The highest BCUT2D eigenvalue weighted by atomic mass is 15.1. The lowest BCUT2D eigenvalue weighted by atomic mass is 9.84. The van der Waals surface area contributed by atoms with Crippen LogP contribution >= 0.6 is 0 Å². The Hall–Kier alpha value is -0.0800. The van der Waals surface area contributed by atoms with E-state index in [9.17, 15) is 0 Å². The van der Waals surface area contributed by atoms with Crippen LogP contribution < -0.4 is 5.32 Å². The standard InChI is InChI=1S/C17H38N2/c1-8-10-17(6,13-18-11-15(3)4)14-19(7)12-16(5)9-2/h15-16,18H,8-14H2,1-7H3. The van der Waals surface area contributed by atoms with Crippen molar-refractivity contribution in [2.24, 2.45) is 17.3 Å². The van der Waals surface area contributed by atoms with Crippen molar-refractivity contribution in [2.45, 2.75) is 60.8 Å². The summed E-state index contributed by atoms with van der Waals surface area (Å²) in [5.74, 6) is 1.54. The Morgan fingerprint density at radius 2 is 1.79 bits per heavy atom. The fraction of sp³-hybridized carbons (Fsp3) is 1.00. The minimum Gasteiger partial charge on any atom is -0.316 e. The summed E-state index contributed by atoms with van der Waals surface area (Å²) in [4.78, 5) is 2.53. The summed E-state index contributed by atoms with van der Waals surface area (Å²) in [6.07, 6.45) is 3.86. The lowest BCUT2D eigenvalue weighted by Gasteiger charge is -2.35. The molecule has 0 saturated heterocycles. The van der Waals surface area contributed by atoms with Gasteiger partial charge in [-0.05, 0) is 37.3 Å². The first-order valence-electron chi connectivity index (χ1n) is 8.22. The zero-order chi connectivity index (χ0) is 14.9. The Labute approximate surface area is 122 Å². The van der Waals surface area contributed by atoms with Crippen LogP contribution in [0.25, 0.3) is 0 Å². The Kier molecular flexibility index (Phi) is 9.72. The SMILES string of the molecule is CCCC(C)(CNCC(C)C)CN(C)CC(C)CC. The quantitative estimate of drug-likeness (QED) is 0.610. The van der Waals surface area contributed by atoms with Gasteiger partial charge in [0.1, 0.15) is 0 Å². The predicted octanol–water partition coefficient (Wildman–Crippen LogP) is 4.02. The van der Waals surface area contributed by atoms with Crippen LogP contribution in [0, 0.1) is 17.3 Å². The lowest BCUT2D eigenvalue weighted by Crippen LogP contribution is -2.42. The summed E-state index contributed by atoms with van der Waals surface area (Å²) in [5, 5.41) is 3.66. The molecule has 0 radical (unpaired) electrons. The number of hydrogen-bond donors (Lipinski definition) is 1. The van der Waals surface area contributed by atoms with Gasteiger partial charge >= 0.3 is 0 Å².